The predicted octanol–water partition coefficient (Wildman–Crippen LogP) is 2.21. The average Bonchev–Trinajstić information content (AvgIpc) is 2.65. The van der Waals surface area contributed by atoms with Gasteiger partial charge in [-0.15, -0.1) is 0 Å². The first-order valence-corrected chi connectivity index (χ1v) is 8.51. The van der Waals surface area contributed by atoms with E-state index in [0.717, 1.165) is 11.1 Å². The fourth-order valence-electron chi connectivity index (χ4n) is 3.36. The van der Waals surface area contributed by atoms with Crippen LogP contribution in [-0.2, 0) is 19.8 Å². The SMILES string of the molecule is CC1(C)C(=O)C(C(=O)NCC(=O)O)C(=O)c2ccc(-c3ccccc3)cc21. The molecule has 6 nitrogen and oxygen atoms in total. The third-order valence-corrected chi connectivity index (χ3v) is 4.88. The number of carbonyl (C=O) groups excluding carboxylic acids is 3. The summed E-state index contributed by atoms with van der Waals surface area (Å²) in [6.45, 7) is 2.70. The van der Waals surface area contributed by atoms with Gasteiger partial charge in [0.1, 0.15) is 6.54 Å². The Morgan fingerprint density at radius 2 is 1.70 bits per heavy atom. The summed E-state index contributed by atoms with van der Waals surface area (Å²) in [4.78, 5) is 48.7. The molecule has 0 saturated heterocycles. The van der Waals surface area contributed by atoms with E-state index in [1.807, 2.05) is 36.4 Å². The number of carboxylic acid groups (broad SMARTS) is 1. The number of hydrogen-bond acceptors (Lipinski definition) is 4. The highest BCUT2D eigenvalue weighted by Crippen LogP contribution is 2.39. The number of fused-ring (bicyclic) bond motifs is 1. The summed E-state index contributed by atoms with van der Waals surface area (Å²) in [6.07, 6.45) is 0. The molecule has 0 bridgehead atoms. The Balaban J connectivity index is 2.04. The molecule has 1 unspecified atom stereocenters. The Labute approximate surface area is 156 Å². The summed E-state index contributed by atoms with van der Waals surface area (Å²) in [6, 6.07) is 14.8. The van der Waals surface area contributed by atoms with Gasteiger partial charge in [-0.3, -0.25) is 19.2 Å². The van der Waals surface area contributed by atoms with E-state index in [4.69, 9.17) is 5.11 Å². The molecule has 0 aromatic heterocycles. The fourth-order valence-corrected chi connectivity index (χ4v) is 3.36. The Kier molecular flexibility index (Phi) is 4.66. The molecule has 138 valence electrons. The minimum atomic E-state index is -1.53. The molecule has 1 amide bonds. The van der Waals surface area contributed by atoms with Gasteiger partial charge < -0.3 is 10.4 Å². The molecule has 0 fully saturated rings. The molecule has 6 heteroatoms. The van der Waals surface area contributed by atoms with Gasteiger partial charge in [0.2, 0.25) is 5.91 Å². The van der Waals surface area contributed by atoms with E-state index in [2.05, 4.69) is 5.32 Å². The first-order chi connectivity index (χ1) is 12.7. The van der Waals surface area contributed by atoms with Crippen molar-refractivity contribution in [1.82, 2.24) is 5.32 Å². The Bertz CT molecular complexity index is 946. The van der Waals surface area contributed by atoms with Crippen LogP contribution < -0.4 is 5.32 Å². The van der Waals surface area contributed by atoms with Crippen molar-refractivity contribution in [2.75, 3.05) is 6.54 Å². The Morgan fingerprint density at radius 1 is 1.04 bits per heavy atom. The highest BCUT2D eigenvalue weighted by molar-refractivity contribution is 6.29. The molecule has 2 aromatic carbocycles. The van der Waals surface area contributed by atoms with Gasteiger partial charge in [0, 0.05) is 5.56 Å². The van der Waals surface area contributed by atoms with Crippen molar-refractivity contribution in [2.45, 2.75) is 19.3 Å². The van der Waals surface area contributed by atoms with Crippen molar-refractivity contribution in [3.05, 3.63) is 59.7 Å². The molecule has 1 aliphatic carbocycles. The van der Waals surface area contributed by atoms with E-state index < -0.39 is 41.3 Å². The highest BCUT2D eigenvalue weighted by Gasteiger charge is 2.49. The molecule has 1 atom stereocenters. The van der Waals surface area contributed by atoms with Crippen LogP contribution in [0.2, 0.25) is 0 Å². The van der Waals surface area contributed by atoms with Crippen molar-refractivity contribution < 1.29 is 24.3 Å². The number of Topliss-reactive ketones (excluding diaryl/α,β-unsaturated/α-hetero) is 2. The number of rotatable bonds is 4. The number of aliphatic carboxylic acids is 1. The summed E-state index contributed by atoms with van der Waals surface area (Å²) >= 11 is 0. The van der Waals surface area contributed by atoms with Gasteiger partial charge in [-0.1, -0.05) is 42.5 Å². The summed E-state index contributed by atoms with van der Waals surface area (Å²) < 4.78 is 0. The maximum atomic E-state index is 12.9. The lowest BCUT2D eigenvalue weighted by Crippen LogP contribution is -2.51. The summed E-state index contributed by atoms with van der Waals surface area (Å²) in [7, 11) is 0. The van der Waals surface area contributed by atoms with Gasteiger partial charge in [-0.25, -0.2) is 0 Å². The maximum Gasteiger partial charge on any atom is 0.322 e. The van der Waals surface area contributed by atoms with Gasteiger partial charge in [0.25, 0.3) is 0 Å². The number of carbonyl (C=O) groups is 4. The van der Waals surface area contributed by atoms with Crippen molar-refractivity contribution >= 4 is 23.4 Å². The molecule has 0 heterocycles. The first-order valence-electron chi connectivity index (χ1n) is 8.51. The van der Waals surface area contributed by atoms with E-state index in [9.17, 15) is 19.2 Å². The van der Waals surface area contributed by atoms with Gasteiger partial charge >= 0.3 is 5.97 Å². The molecular weight excluding hydrogens is 346 g/mol. The summed E-state index contributed by atoms with van der Waals surface area (Å²) in [5, 5.41) is 10.8. The van der Waals surface area contributed by atoms with E-state index in [-0.39, 0.29) is 0 Å². The van der Waals surface area contributed by atoms with Crippen LogP contribution in [-0.4, -0.2) is 35.1 Å². The molecule has 2 aromatic rings. The van der Waals surface area contributed by atoms with Crippen molar-refractivity contribution in [3.8, 4) is 11.1 Å². The average molecular weight is 365 g/mol. The van der Waals surface area contributed by atoms with E-state index in [1.165, 1.54) is 0 Å². The zero-order chi connectivity index (χ0) is 19.8. The van der Waals surface area contributed by atoms with Crippen LogP contribution in [0.4, 0.5) is 0 Å². The second kappa shape index (κ2) is 6.79. The third-order valence-electron chi connectivity index (χ3n) is 4.88. The first kappa shape index (κ1) is 18.5. The Morgan fingerprint density at radius 3 is 2.33 bits per heavy atom. The minimum Gasteiger partial charge on any atom is -0.480 e. The molecule has 0 radical (unpaired) electrons. The summed E-state index contributed by atoms with van der Waals surface area (Å²) in [5.41, 5.74) is 1.66. The van der Waals surface area contributed by atoms with Crippen molar-refractivity contribution in [3.63, 3.8) is 0 Å². The minimum absolute atomic E-state index is 0.315. The molecule has 0 aliphatic heterocycles. The number of ketones is 2. The number of hydrogen-bond donors (Lipinski definition) is 2. The topological polar surface area (TPSA) is 101 Å². The second-order valence-corrected chi connectivity index (χ2v) is 7.02. The second-order valence-electron chi connectivity index (χ2n) is 7.02. The zero-order valence-corrected chi connectivity index (χ0v) is 15.0. The van der Waals surface area contributed by atoms with Gasteiger partial charge in [-0.2, -0.15) is 0 Å². The van der Waals surface area contributed by atoms with Crippen LogP contribution in [0.1, 0.15) is 29.8 Å². The van der Waals surface area contributed by atoms with Crippen molar-refractivity contribution in [2.24, 2.45) is 5.92 Å². The molecule has 3 rings (SSSR count). The number of carboxylic acids is 1. The smallest absolute Gasteiger partial charge is 0.322 e. The molecule has 1 aliphatic rings. The van der Waals surface area contributed by atoms with Crippen LogP contribution in [0.15, 0.2) is 48.5 Å². The quantitative estimate of drug-likeness (QED) is 0.809. The Hall–Kier alpha value is -3.28. The van der Waals surface area contributed by atoms with E-state index in [0.29, 0.717) is 11.1 Å². The predicted molar refractivity (Wildman–Crippen MR) is 98.4 cm³/mol. The molecule has 27 heavy (non-hydrogen) atoms. The molecule has 0 spiro atoms. The largest absolute Gasteiger partial charge is 0.480 e. The summed E-state index contributed by atoms with van der Waals surface area (Å²) in [5.74, 6) is -4.79. The fraction of sp³-hybridized carbons (Fsp3) is 0.238. The third kappa shape index (κ3) is 3.26. The number of amides is 1. The van der Waals surface area contributed by atoms with E-state index >= 15 is 0 Å². The zero-order valence-electron chi connectivity index (χ0n) is 15.0. The monoisotopic (exact) mass is 365 g/mol. The maximum absolute atomic E-state index is 12.9. The van der Waals surface area contributed by atoms with Crippen LogP contribution in [0.5, 0.6) is 0 Å². The van der Waals surface area contributed by atoms with Gasteiger partial charge in [-0.05, 0) is 36.6 Å². The molecule has 0 saturated carbocycles. The number of nitrogens with one attached hydrogen (secondary N) is 1. The standard InChI is InChI=1S/C21H19NO5/c1-21(2)15-10-13(12-6-4-3-5-7-12)8-9-14(15)18(25)17(19(21)26)20(27)22-11-16(23)24/h3-10,17H,11H2,1-2H3,(H,22,27)(H,23,24). The molecule has 2 N–H and O–H groups in total. The van der Waals surface area contributed by atoms with Gasteiger partial charge in [0.05, 0.1) is 5.41 Å². The number of benzene rings is 2. The lowest BCUT2D eigenvalue weighted by molar-refractivity contribution is -0.140. The normalized spacial score (nSPS) is 17.9. The van der Waals surface area contributed by atoms with Gasteiger partial charge in [0.15, 0.2) is 17.5 Å². The van der Waals surface area contributed by atoms with E-state index in [1.54, 1.807) is 26.0 Å². The van der Waals surface area contributed by atoms with Crippen LogP contribution >= 0.6 is 0 Å². The lowest BCUT2D eigenvalue weighted by Gasteiger charge is -2.34. The molecular formula is C21H19NO5. The highest BCUT2D eigenvalue weighted by atomic mass is 16.4. The van der Waals surface area contributed by atoms with Crippen molar-refractivity contribution in [1.29, 1.82) is 0 Å². The van der Waals surface area contributed by atoms with Crippen LogP contribution in [0.25, 0.3) is 11.1 Å². The van der Waals surface area contributed by atoms with Crippen LogP contribution in [0.3, 0.4) is 0 Å². The lowest BCUT2D eigenvalue weighted by atomic mass is 9.66. The van der Waals surface area contributed by atoms with Crippen LogP contribution in [0, 0.1) is 5.92 Å².